The van der Waals surface area contributed by atoms with Crippen LogP contribution in [0.3, 0.4) is 0 Å². The lowest BCUT2D eigenvalue weighted by Gasteiger charge is -2.24. The van der Waals surface area contributed by atoms with Crippen molar-refractivity contribution in [3.8, 4) is 0 Å². The Hall–Kier alpha value is -0.900. The molecule has 1 aromatic carbocycles. The van der Waals surface area contributed by atoms with Gasteiger partial charge in [-0.15, -0.1) is 0 Å². The standard InChI is InChI=1S/C16H27NO2/c1-13-5-7-15(8-6-13)16(14(2)12-19-4)11-17-9-10-18-3/h5-8,14,16-17H,9-12H2,1-4H3. The first-order valence-electron chi connectivity index (χ1n) is 6.94. The fourth-order valence-corrected chi connectivity index (χ4v) is 2.27. The summed E-state index contributed by atoms with van der Waals surface area (Å²) in [4.78, 5) is 0. The number of hydrogen-bond acceptors (Lipinski definition) is 3. The molecule has 1 aromatic rings. The summed E-state index contributed by atoms with van der Waals surface area (Å²) in [6.45, 7) is 7.74. The summed E-state index contributed by atoms with van der Waals surface area (Å²) in [6.07, 6.45) is 0. The minimum Gasteiger partial charge on any atom is -0.384 e. The third kappa shape index (κ3) is 5.72. The van der Waals surface area contributed by atoms with Gasteiger partial charge in [-0.2, -0.15) is 0 Å². The van der Waals surface area contributed by atoms with Gasteiger partial charge in [0.2, 0.25) is 0 Å². The number of benzene rings is 1. The smallest absolute Gasteiger partial charge is 0.0587 e. The Balaban J connectivity index is 2.65. The van der Waals surface area contributed by atoms with E-state index in [1.807, 2.05) is 0 Å². The molecule has 3 heteroatoms. The summed E-state index contributed by atoms with van der Waals surface area (Å²) in [7, 11) is 3.49. The number of rotatable bonds is 9. The molecule has 0 aromatic heterocycles. The molecule has 0 radical (unpaired) electrons. The minimum atomic E-state index is 0.470. The molecule has 0 amide bonds. The van der Waals surface area contributed by atoms with Crippen LogP contribution in [0, 0.1) is 12.8 Å². The minimum absolute atomic E-state index is 0.470. The van der Waals surface area contributed by atoms with Crippen molar-refractivity contribution in [3.05, 3.63) is 35.4 Å². The van der Waals surface area contributed by atoms with Crippen LogP contribution in [0.2, 0.25) is 0 Å². The molecular weight excluding hydrogens is 238 g/mol. The van der Waals surface area contributed by atoms with Crippen LogP contribution in [0.25, 0.3) is 0 Å². The molecule has 0 saturated carbocycles. The molecule has 0 saturated heterocycles. The van der Waals surface area contributed by atoms with E-state index >= 15 is 0 Å². The van der Waals surface area contributed by atoms with Crippen molar-refractivity contribution in [1.29, 1.82) is 0 Å². The van der Waals surface area contributed by atoms with Crippen LogP contribution in [-0.2, 0) is 9.47 Å². The van der Waals surface area contributed by atoms with Crippen LogP contribution in [-0.4, -0.2) is 40.5 Å². The van der Waals surface area contributed by atoms with Gasteiger partial charge in [-0.25, -0.2) is 0 Å². The van der Waals surface area contributed by atoms with Gasteiger partial charge >= 0.3 is 0 Å². The van der Waals surface area contributed by atoms with Gasteiger partial charge in [0.1, 0.15) is 0 Å². The van der Waals surface area contributed by atoms with E-state index in [4.69, 9.17) is 9.47 Å². The maximum Gasteiger partial charge on any atom is 0.0587 e. The topological polar surface area (TPSA) is 30.5 Å². The second-order valence-electron chi connectivity index (χ2n) is 5.15. The first kappa shape index (κ1) is 16.2. The zero-order valence-corrected chi connectivity index (χ0v) is 12.6. The maximum absolute atomic E-state index is 5.30. The molecule has 0 aliphatic rings. The largest absolute Gasteiger partial charge is 0.384 e. The Labute approximate surface area is 117 Å². The zero-order valence-electron chi connectivity index (χ0n) is 12.6. The van der Waals surface area contributed by atoms with Gasteiger partial charge < -0.3 is 14.8 Å². The molecule has 1 rings (SSSR count). The van der Waals surface area contributed by atoms with Crippen molar-refractivity contribution in [2.24, 2.45) is 5.92 Å². The molecule has 0 aliphatic heterocycles. The van der Waals surface area contributed by atoms with Gasteiger partial charge in [0.25, 0.3) is 0 Å². The number of nitrogens with one attached hydrogen (secondary N) is 1. The van der Waals surface area contributed by atoms with Gasteiger partial charge in [-0.05, 0) is 18.4 Å². The van der Waals surface area contributed by atoms with Gasteiger partial charge in [-0.1, -0.05) is 36.8 Å². The third-order valence-electron chi connectivity index (χ3n) is 3.47. The number of ether oxygens (including phenoxy) is 2. The Morgan fingerprint density at radius 1 is 1.11 bits per heavy atom. The highest BCUT2D eigenvalue weighted by molar-refractivity contribution is 5.25. The average molecular weight is 265 g/mol. The second-order valence-corrected chi connectivity index (χ2v) is 5.15. The Kier molecular flexibility index (Phi) is 7.72. The van der Waals surface area contributed by atoms with Crippen LogP contribution in [0.4, 0.5) is 0 Å². The molecule has 19 heavy (non-hydrogen) atoms. The maximum atomic E-state index is 5.30. The summed E-state index contributed by atoms with van der Waals surface area (Å²) < 4.78 is 10.4. The van der Waals surface area contributed by atoms with E-state index in [1.54, 1.807) is 14.2 Å². The SMILES string of the molecule is COCCNCC(c1ccc(C)cc1)C(C)COC. The number of hydrogen-bond donors (Lipinski definition) is 1. The fourth-order valence-electron chi connectivity index (χ4n) is 2.27. The van der Waals surface area contributed by atoms with E-state index in [0.717, 1.165) is 26.3 Å². The highest BCUT2D eigenvalue weighted by Crippen LogP contribution is 2.24. The van der Waals surface area contributed by atoms with E-state index in [1.165, 1.54) is 11.1 Å². The lowest BCUT2D eigenvalue weighted by molar-refractivity contribution is 0.144. The Morgan fingerprint density at radius 2 is 1.79 bits per heavy atom. The van der Waals surface area contributed by atoms with E-state index < -0.39 is 0 Å². The van der Waals surface area contributed by atoms with Crippen LogP contribution < -0.4 is 5.32 Å². The van der Waals surface area contributed by atoms with E-state index in [2.05, 4.69) is 43.4 Å². The molecular formula is C16H27NO2. The van der Waals surface area contributed by atoms with E-state index in [9.17, 15) is 0 Å². The van der Waals surface area contributed by atoms with Crippen LogP contribution in [0.1, 0.15) is 24.0 Å². The van der Waals surface area contributed by atoms with Gasteiger partial charge in [0.05, 0.1) is 6.61 Å². The Bertz CT molecular complexity index is 337. The summed E-state index contributed by atoms with van der Waals surface area (Å²) in [5.74, 6) is 0.958. The van der Waals surface area contributed by atoms with Crippen molar-refractivity contribution >= 4 is 0 Å². The molecule has 2 unspecified atom stereocenters. The highest BCUT2D eigenvalue weighted by Gasteiger charge is 2.18. The van der Waals surface area contributed by atoms with Crippen LogP contribution in [0.5, 0.6) is 0 Å². The number of methoxy groups -OCH3 is 2. The van der Waals surface area contributed by atoms with Gasteiger partial charge in [0.15, 0.2) is 0 Å². The van der Waals surface area contributed by atoms with Crippen molar-refractivity contribution in [3.63, 3.8) is 0 Å². The summed E-state index contributed by atoms with van der Waals surface area (Å²) in [5.41, 5.74) is 2.68. The van der Waals surface area contributed by atoms with Crippen LogP contribution >= 0.6 is 0 Å². The van der Waals surface area contributed by atoms with Crippen molar-refractivity contribution in [1.82, 2.24) is 5.32 Å². The summed E-state index contributed by atoms with van der Waals surface area (Å²) >= 11 is 0. The molecule has 1 N–H and O–H groups in total. The molecule has 0 fully saturated rings. The average Bonchev–Trinajstić information content (AvgIpc) is 2.40. The van der Waals surface area contributed by atoms with Gasteiger partial charge in [-0.3, -0.25) is 0 Å². The highest BCUT2D eigenvalue weighted by atomic mass is 16.5. The quantitative estimate of drug-likeness (QED) is 0.696. The van der Waals surface area contributed by atoms with Crippen molar-refractivity contribution in [2.45, 2.75) is 19.8 Å². The monoisotopic (exact) mass is 265 g/mol. The second kappa shape index (κ2) is 9.08. The molecule has 2 atom stereocenters. The van der Waals surface area contributed by atoms with E-state index in [0.29, 0.717) is 11.8 Å². The lowest BCUT2D eigenvalue weighted by Crippen LogP contribution is -2.29. The van der Waals surface area contributed by atoms with Crippen LogP contribution in [0.15, 0.2) is 24.3 Å². The molecule has 3 nitrogen and oxygen atoms in total. The molecule has 0 aliphatic carbocycles. The predicted octanol–water partition coefficient (Wildman–Crippen LogP) is 2.60. The fraction of sp³-hybridized carbons (Fsp3) is 0.625. The van der Waals surface area contributed by atoms with Crippen molar-refractivity contribution < 1.29 is 9.47 Å². The number of aryl methyl sites for hydroxylation is 1. The lowest BCUT2D eigenvalue weighted by atomic mass is 9.87. The van der Waals surface area contributed by atoms with Crippen molar-refractivity contribution in [2.75, 3.05) is 40.5 Å². The third-order valence-corrected chi connectivity index (χ3v) is 3.47. The predicted molar refractivity (Wildman–Crippen MR) is 79.7 cm³/mol. The molecule has 108 valence electrons. The summed E-state index contributed by atoms with van der Waals surface area (Å²) in [5, 5.41) is 3.46. The first-order chi connectivity index (χ1) is 9.19. The summed E-state index contributed by atoms with van der Waals surface area (Å²) in [6, 6.07) is 8.81. The zero-order chi connectivity index (χ0) is 14.1. The Morgan fingerprint density at radius 3 is 2.37 bits per heavy atom. The first-order valence-corrected chi connectivity index (χ1v) is 6.94. The van der Waals surface area contributed by atoms with Gasteiger partial charge in [0, 0.05) is 39.8 Å². The molecule has 0 spiro atoms. The molecule has 0 heterocycles. The van der Waals surface area contributed by atoms with E-state index in [-0.39, 0.29) is 0 Å². The normalized spacial score (nSPS) is 14.3. The molecule has 0 bridgehead atoms.